The molecule has 2 aromatic carbocycles. The van der Waals surface area contributed by atoms with Crippen molar-refractivity contribution in [1.82, 2.24) is 0 Å². The van der Waals surface area contributed by atoms with Gasteiger partial charge in [-0.1, -0.05) is 29.8 Å². The Hall–Kier alpha value is -1.58. The highest BCUT2D eigenvalue weighted by molar-refractivity contribution is 6.31. The van der Waals surface area contributed by atoms with Gasteiger partial charge < -0.3 is 5.32 Å². The molecule has 0 spiro atoms. The van der Waals surface area contributed by atoms with Crippen molar-refractivity contribution in [2.24, 2.45) is 0 Å². The van der Waals surface area contributed by atoms with Crippen molar-refractivity contribution < 1.29 is 9.18 Å². The van der Waals surface area contributed by atoms with E-state index in [0.717, 1.165) is 5.56 Å². The summed E-state index contributed by atoms with van der Waals surface area (Å²) in [6.07, 6.45) is 0. The Morgan fingerprint density at radius 3 is 2.47 bits per heavy atom. The van der Waals surface area contributed by atoms with Gasteiger partial charge in [0.2, 0.25) is 0 Å². The number of amides is 1. The molecule has 2 aromatic rings. The molecule has 0 saturated heterocycles. The summed E-state index contributed by atoms with van der Waals surface area (Å²) in [5, 5.41) is 2.52. The molecule has 0 radical (unpaired) electrons. The number of hydrogen-bond donors (Lipinski definition) is 1. The largest absolute Gasteiger partial charge is 0.322 e. The third-order valence-corrected chi connectivity index (χ3v) is 3.16. The number of anilines is 1. The standard InChI is InChI=1S/C14H10Cl2FNO/c15-8-9-4-6-10(7-5-9)18-14(19)11-2-1-3-12(16)13(11)17/h1-7H,8H2,(H,18,19). The monoisotopic (exact) mass is 297 g/mol. The number of halogens is 3. The maximum atomic E-state index is 13.7. The fraction of sp³-hybridized carbons (Fsp3) is 0.0714. The zero-order valence-corrected chi connectivity index (χ0v) is 11.3. The summed E-state index contributed by atoms with van der Waals surface area (Å²) in [4.78, 5) is 11.9. The Labute approximate surface area is 120 Å². The number of hydrogen-bond acceptors (Lipinski definition) is 1. The molecule has 0 unspecified atom stereocenters. The topological polar surface area (TPSA) is 29.1 Å². The van der Waals surface area contributed by atoms with Gasteiger partial charge in [-0.3, -0.25) is 4.79 Å². The molecule has 1 amide bonds. The van der Waals surface area contributed by atoms with Crippen LogP contribution in [0.1, 0.15) is 15.9 Å². The normalized spacial score (nSPS) is 10.3. The van der Waals surface area contributed by atoms with Gasteiger partial charge in [0, 0.05) is 11.6 Å². The zero-order chi connectivity index (χ0) is 13.8. The van der Waals surface area contributed by atoms with Crippen LogP contribution in [0.4, 0.5) is 10.1 Å². The molecule has 2 nitrogen and oxygen atoms in total. The summed E-state index contributed by atoms with van der Waals surface area (Å²) in [5.74, 6) is -0.866. The van der Waals surface area contributed by atoms with Crippen molar-refractivity contribution in [2.75, 3.05) is 5.32 Å². The molecular formula is C14H10Cl2FNO. The summed E-state index contributed by atoms with van der Waals surface area (Å²) in [6, 6.07) is 11.3. The number of carbonyl (C=O) groups excluding carboxylic acids is 1. The number of rotatable bonds is 3. The number of alkyl halides is 1. The minimum absolute atomic E-state index is 0.0786. The van der Waals surface area contributed by atoms with Crippen LogP contribution in [0.5, 0.6) is 0 Å². The van der Waals surface area contributed by atoms with Crippen LogP contribution in [0.3, 0.4) is 0 Å². The van der Waals surface area contributed by atoms with Crippen molar-refractivity contribution >= 4 is 34.8 Å². The second-order valence-electron chi connectivity index (χ2n) is 3.89. The molecule has 0 aromatic heterocycles. The van der Waals surface area contributed by atoms with Gasteiger partial charge in [-0.25, -0.2) is 4.39 Å². The maximum Gasteiger partial charge on any atom is 0.258 e. The van der Waals surface area contributed by atoms with Gasteiger partial charge in [0.15, 0.2) is 5.82 Å². The van der Waals surface area contributed by atoms with Gasteiger partial charge in [0.05, 0.1) is 10.6 Å². The van der Waals surface area contributed by atoms with Crippen LogP contribution in [-0.4, -0.2) is 5.91 Å². The van der Waals surface area contributed by atoms with E-state index >= 15 is 0 Å². The highest BCUT2D eigenvalue weighted by Crippen LogP contribution is 2.19. The second kappa shape index (κ2) is 6.04. The van der Waals surface area contributed by atoms with Gasteiger partial charge in [-0.15, -0.1) is 11.6 Å². The Morgan fingerprint density at radius 1 is 1.16 bits per heavy atom. The van der Waals surface area contributed by atoms with Gasteiger partial charge in [0.1, 0.15) is 0 Å². The molecule has 1 N–H and O–H groups in total. The van der Waals surface area contributed by atoms with Gasteiger partial charge in [-0.2, -0.15) is 0 Å². The first-order chi connectivity index (χ1) is 9.11. The van der Waals surface area contributed by atoms with E-state index < -0.39 is 11.7 Å². The lowest BCUT2D eigenvalue weighted by Gasteiger charge is -2.07. The molecule has 0 bridgehead atoms. The van der Waals surface area contributed by atoms with Crippen molar-refractivity contribution in [3.63, 3.8) is 0 Å². The molecule has 2 rings (SSSR count). The smallest absolute Gasteiger partial charge is 0.258 e. The predicted octanol–water partition coefficient (Wildman–Crippen LogP) is 4.47. The van der Waals surface area contributed by atoms with E-state index in [1.165, 1.54) is 18.2 Å². The van der Waals surface area contributed by atoms with Crippen molar-refractivity contribution in [1.29, 1.82) is 0 Å². The Bertz CT molecular complexity index is 599. The van der Waals surface area contributed by atoms with Crippen LogP contribution >= 0.6 is 23.2 Å². The van der Waals surface area contributed by atoms with E-state index in [4.69, 9.17) is 23.2 Å². The number of nitrogens with one attached hydrogen (secondary N) is 1. The molecule has 19 heavy (non-hydrogen) atoms. The lowest BCUT2D eigenvalue weighted by molar-refractivity contribution is 0.102. The molecule has 0 aliphatic rings. The first-order valence-corrected chi connectivity index (χ1v) is 6.43. The zero-order valence-electron chi connectivity index (χ0n) is 9.79. The van der Waals surface area contributed by atoms with E-state index in [-0.39, 0.29) is 10.6 Å². The van der Waals surface area contributed by atoms with E-state index in [1.54, 1.807) is 24.3 Å². The highest BCUT2D eigenvalue weighted by Gasteiger charge is 2.14. The molecule has 0 aliphatic heterocycles. The van der Waals surface area contributed by atoms with Crippen molar-refractivity contribution in [3.8, 4) is 0 Å². The summed E-state index contributed by atoms with van der Waals surface area (Å²) in [5.41, 5.74) is 1.42. The minimum atomic E-state index is -0.723. The second-order valence-corrected chi connectivity index (χ2v) is 4.56. The number of benzene rings is 2. The summed E-state index contributed by atoms with van der Waals surface area (Å²) < 4.78 is 13.7. The SMILES string of the molecule is O=C(Nc1ccc(CCl)cc1)c1cccc(Cl)c1F. The Morgan fingerprint density at radius 2 is 1.84 bits per heavy atom. The van der Waals surface area contributed by atoms with Crippen molar-refractivity contribution in [3.05, 3.63) is 64.4 Å². The van der Waals surface area contributed by atoms with Gasteiger partial charge in [-0.05, 0) is 29.8 Å². The first-order valence-electron chi connectivity index (χ1n) is 5.52. The van der Waals surface area contributed by atoms with Crippen LogP contribution in [0.15, 0.2) is 42.5 Å². The molecule has 98 valence electrons. The summed E-state index contributed by atoms with van der Waals surface area (Å²) in [6.45, 7) is 0. The minimum Gasteiger partial charge on any atom is -0.322 e. The van der Waals surface area contributed by atoms with E-state index in [2.05, 4.69) is 5.32 Å². The fourth-order valence-electron chi connectivity index (χ4n) is 1.55. The molecule has 0 atom stereocenters. The summed E-state index contributed by atoms with van der Waals surface area (Å²) in [7, 11) is 0. The average Bonchev–Trinajstić information content (AvgIpc) is 2.42. The molecule has 0 saturated carbocycles. The molecule has 5 heteroatoms. The van der Waals surface area contributed by atoms with Gasteiger partial charge in [0.25, 0.3) is 5.91 Å². The summed E-state index contributed by atoms with van der Waals surface area (Å²) >= 11 is 11.3. The molecule has 0 heterocycles. The molecule has 0 fully saturated rings. The van der Waals surface area contributed by atoms with Crippen molar-refractivity contribution in [2.45, 2.75) is 5.88 Å². The van der Waals surface area contributed by atoms with E-state index in [9.17, 15) is 9.18 Å². The predicted molar refractivity (Wildman–Crippen MR) is 75.4 cm³/mol. The van der Waals surface area contributed by atoms with E-state index in [1.807, 2.05) is 0 Å². The average molecular weight is 298 g/mol. The van der Waals surface area contributed by atoms with Crippen LogP contribution in [-0.2, 0) is 5.88 Å². The molecular weight excluding hydrogens is 288 g/mol. The van der Waals surface area contributed by atoms with Crippen LogP contribution in [0, 0.1) is 5.82 Å². The third kappa shape index (κ3) is 3.25. The number of carbonyl (C=O) groups is 1. The van der Waals surface area contributed by atoms with Gasteiger partial charge >= 0.3 is 0 Å². The van der Waals surface area contributed by atoms with E-state index in [0.29, 0.717) is 11.6 Å². The maximum absolute atomic E-state index is 13.7. The Balaban J connectivity index is 2.18. The lowest BCUT2D eigenvalue weighted by Crippen LogP contribution is -2.13. The molecule has 0 aliphatic carbocycles. The lowest BCUT2D eigenvalue weighted by atomic mass is 10.2. The van der Waals surface area contributed by atoms with Crippen LogP contribution in [0.2, 0.25) is 5.02 Å². The highest BCUT2D eigenvalue weighted by atomic mass is 35.5. The van der Waals surface area contributed by atoms with Crippen LogP contribution < -0.4 is 5.32 Å². The Kier molecular flexibility index (Phi) is 4.40. The first kappa shape index (κ1) is 13.8. The third-order valence-electron chi connectivity index (χ3n) is 2.56. The fourth-order valence-corrected chi connectivity index (χ4v) is 1.91. The quantitative estimate of drug-likeness (QED) is 0.832. The van der Waals surface area contributed by atoms with Crippen LogP contribution in [0.25, 0.3) is 0 Å².